The van der Waals surface area contributed by atoms with Gasteiger partial charge in [-0.3, -0.25) is 4.98 Å². The zero-order chi connectivity index (χ0) is 16.6. The molecule has 1 aliphatic heterocycles. The second-order valence-electron chi connectivity index (χ2n) is 6.01. The first-order chi connectivity index (χ1) is 12.4. The number of rotatable bonds is 2. The standard InChI is InChI=1S/C18H16N6O/c1-2-15(22-17-13(1)14-11-19-4-3-16(14)23-17)12-9-20-18(21-10-12)24-5-7-25-8-6-24/h1-4,9-11H,5-8H2,(H,22,23). The second kappa shape index (κ2) is 5.78. The van der Waals surface area contributed by atoms with Crippen molar-refractivity contribution in [3.63, 3.8) is 0 Å². The van der Waals surface area contributed by atoms with E-state index in [4.69, 9.17) is 9.72 Å². The van der Waals surface area contributed by atoms with Crippen molar-refractivity contribution in [3.8, 4) is 11.3 Å². The Morgan fingerprint density at radius 3 is 2.64 bits per heavy atom. The second-order valence-corrected chi connectivity index (χ2v) is 6.01. The smallest absolute Gasteiger partial charge is 0.225 e. The lowest BCUT2D eigenvalue weighted by Crippen LogP contribution is -2.37. The first-order valence-corrected chi connectivity index (χ1v) is 8.26. The maximum atomic E-state index is 5.36. The summed E-state index contributed by atoms with van der Waals surface area (Å²) in [6.07, 6.45) is 7.29. The molecule has 1 saturated heterocycles. The lowest BCUT2D eigenvalue weighted by Gasteiger charge is -2.26. The van der Waals surface area contributed by atoms with Crippen molar-refractivity contribution in [2.75, 3.05) is 31.2 Å². The largest absolute Gasteiger partial charge is 0.378 e. The molecule has 7 nitrogen and oxygen atoms in total. The van der Waals surface area contributed by atoms with Crippen LogP contribution in [0.5, 0.6) is 0 Å². The molecule has 0 unspecified atom stereocenters. The molecule has 1 aliphatic rings. The normalized spacial score (nSPS) is 15.1. The van der Waals surface area contributed by atoms with Crippen LogP contribution in [0.2, 0.25) is 0 Å². The summed E-state index contributed by atoms with van der Waals surface area (Å²) >= 11 is 0. The van der Waals surface area contributed by atoms with E-state index in [0.717, 1.165) is 65.4 Å². The zero-order valence-electron chi connectivity index (χ0n) is 13.5. The van der Waals surface area contributed by atoms with Crippen LogP contribution in [0.25, 0.3) is 33.2 Å². The number of morpholine rings is 1. The van der Waals surface area contributed by atoms with Gasteiger partial charge in [-0.2, -0.15) is 0 Å². The van der Waals surface area contributed by atoms with E-state index in [2.05, 4.69) is 30.9 Å². The van der Waals surface area contributed by atoms with E-state index in [1.807, 2.05) is 30.7 Å². The first kappa shape index (κ1) is 14.3. The number of fused-ring (bicyclic) bond motifs is 3. The molecule has 5 rings (SSSR count). The molecular formula is C18H16N6O. The number of hydrogen-bond donors (Lipinski definition) is 1. The molecule has 0 radical (unpaired) electrons. The Balaban J connectivity index is 1.50. The molecular weight excluding hydrogens is 316 g/mol. The molecule has 1 N–H and O–H groups in total. The van der Waals surface area contributed by atoms with Gasteiger partial charge >= 0.3 is 0 Å². The Hall–Kier alpha value is -3.06. The maximum absolute atomic E-state index is 5.36. The molecule has 5 heterocycles. The van der Waals surface area contributed by atoms with Crippen molar-refractivity contribution in [1.82, 2.24) is 24.9 Å². The Kier molecular flexibility index (Phi) is 3.31. The van der Waals surface area contributed by atoms with Crippen LogP contribution in [-0.2, 0) is 4.74 Å². The SMILES string of the molecule is c1cc2[nH]c3nc(-c4cnc(N5CCOCC5)nc4)ccc3c2cn1. The van der Waals surface area contributed by atoms with Gasteiger partial charge in [0.1, 0.15) is 5.65 Å². The molecule has 7 heteroatoms. The van der Waals surface area contributed by atoms with E-state index < -0.39 is 0 Å². The van der Waals surface area contributed by atoms with E-state index in [9.17, 15) is 0 Å². The predicted octanol–water partition coefficient (Wildman–Crippen LogP) is 2.40. The molecule has 0 spiro atoms. The van der Waals surface area contributed by atoms with Crippen LogP contribution < -0.4 is 4.90 Å². The molecule has 0 amide bonds. The minimum Gasteiger partial charge on any atom is -0.378 e. The summed E-state index contributed by atoms with van der Waals surface area (Å²) in [5, 5.41) is 2.15. The number of aromatic nitrogens is 5. The quantitative estimate of drug-likeness (QED) is 0.607. The van der Waals surface area contributed by atoms with Crippen molar-refractivity contribution in [2.24, 2.45) is 0 Å². The lowest BCUT2D eigenvalue weighted by molar-refractivity contribution is 0.122. The van der Waals surface area contributed by atoms with Gasteiger partial charge in [-0.05, 0) is 18.2 Å². The monoisotopic (exact) mass is 332 g/mol. The third kappa shape index (κ3) is 2.49. The summed E-state index contributed by atoms with van der Waals surface area (Å²) in [6.45, 7) is 3.09. The molecule has 4 aromatic rings. The van der Waals surface area contributed by atoms with Crippen molar-refractivity contribution in [1.29, 1.82) is 0 Å². The van der Waals surface area contributed by atoms with Crippen LogP contribution in [0, 0.1) is 0 Å². The van der Waals surface area contributed by atoms with Crippen LogP contribution >= 0.6 is 0 Å². The van der Waals surface area contributed by atoms with Gasteiger partial charge in [-0.1, -0.05) is 0 Å². The predicted molar refractivity (Wildman–Crippen MR) is 95.5 cm³/mol. The number of hydrogen-bond acceptors (Lipinski definition) is 6. The van der Waals surface area contributed by atoms with Gasteiger partial charge in [0.25, 0.3) is 0 Å². The third-order valence-corrected chi connectivity index (χ3v) is 4.49. The summed E-state index contributed by atoms with van der Waals surface area (Å²) < 4.78 is 5.36. The molecule has 124 valence electrons. The minimum atomic E-state index is 0.721. The fourth-order valence-corrected chi connectivity index (χ4v) is 3.16. The van der Waals surface area contributed by atoms with Crippen LogP contribution in [0.15, 0.2) is 43.0 Å². The number of pyridine rings is 2. The van der Waals surface area contributed by atoms with E-state index in [-0.39, 0.29) is 0 Å². The van der Waals surface area contributed by atoms with Crippen molar-refractivity contribution < 1.29 is 4.74 Å². The highest BCUT2D eigenvalue weighted by Crippen LogP contribution is 2.26. The van der Waals surface area contributed by atoms with E-state index in [1.54, 1.807) is 6.20 Å². The number of aromatic amines is 1. The van der Waals surface area contributed by atoms with Crippen molar-refractivity contribution >= 4 is 27.9 Å². The van der Waals surface area contributed by atoms with Gasteiger partial charge in [0, 0.05) is 54.2 Å². The molecule has 4 aromatic heterocycles. The van der Waals surface area contributed by atoms with Gasteiger partial charge < -0.3 is 14.6 Å². The zero-order valence-corrected chi connectivity index (χ0v) is 13.5. The number of ether oxygens (including phenoxy) is 1. The first-order valence-electron chi connectivity index (χ1n) is 8.26. The van der Waals surface area contributed by atoms with Gasteiger partial charge in [0.2, 0.25) is 5.95 Å². The molecule has 1 fully saturated rings. The molecule has 0 aliphatic carbocycles. The van der Waals surface area contributed by atoms with Crippen LogP contribution in [0.4, 0.5) is 5.95 Å². The number of anilines is 1. The van der Waals surface area contributed by atoms with Crippen molar-refractivity contribution in [3.05, 3.63) is 43.0 Å². The van der Waals surface area contributed by atoms with Gasteiger partial charge in [0.15, 0.2) is 0 Å². The minimum absolute atomic E-state index is 0.721. The van der Waals surface area contributed by atoms with Crippen LogP contribution in [-0.4, -0.2) is 51.2 Å². The van der Waals surface area contributed by atoms with Crippen LogP contribution in [0.1, 0.15) is 0 Å². The summed E-state index contributed by atoms with van der Waals surface area (Å²) in [4.78, 5) is 23.4. The average Bonchev–Trinajstić information content (AvgIpc) is 3.06. The summed E-state index contributed by atoms with van der Waals surface area (Å²) in [6, 6.07) is 6.01. The molecule has 0 saturated carbocycles. The molecule has 0 atom stereocenters. The Morgan fingerprint density at radius 2 is 1.80 bits per heavy atom. The van der Waals surface area contributed by atoms with E-state index in [1.165, 1.54) is 0 Å². The van der Waals surface area contributed by atoms with Gasteiger partial charge in [-0.15, -0.1) is 0 Å². The summed E-state index contributed by atoms with van der Waals surface area (Å²) in [5.41, 5.74) is 3.63. The van der Waals surface area contributed by atoms with Crippen LogP contribution in [0.3, 0.4) is 0 Å². The molecule has 0 bridgehead atoms. The summed E-state index contributed by atoms with van der Waals surface area (Å²) in [5.74, 6) is 0.741. The number of nitrogens with one attached hydrogen (secondary N) is 1. The highest BCUT2D eigenvalue weighted by Gasteiger charge is 2.14. The Morgan fingerprint density at radius 1 is 0.960 bits per heavy atom. The fraction of sp³-hybridized carbons (Fsp3) is 0.222. The molecule has 0 aromatic carbocycles. The number of nitrogens with zero attached hydrogens (tertiary/aromatic N) is 5. The Labute approximate surface area is 143 Å². The topological polar surface area (TPSA) is 79.8 Å². The number of H-pyrrole nitrogens is 1. The summed E-state index contributed by atoms with van der Waals surface area (Å²) in [7, 11) is 0. The van der Waals surface area contributed by atoms with Gasteiger partial charge in [0.05, 0.1) is 24.4 Å². The van der Waals surface area contributed by atoms with Gasteiger partial charge in [-0.25, -0.2) is 15.0 Å². The van der Waals surface area contributed by atoms with E-state index in [0.29, 0.717) is 0 Å². The Bertz CT molecular complexity index is 1040. The fourth-order valence-electron chi connectivity index (χ4n) is 3.16. The lowest BCUT2D eigenvalue weighted by atomic mass is 10.2. The molecule has 25 heavy (non-hydrogen) atoms. The average molecular weight is 332 g/mol. The van der Waals surface area contributed by atoms with Crippen molar-refractivity contribution in [2.45, 2.75) is 0 Å². The van der Waals surface area contributed by atoms with E-state index >= 15 is 0 Å². The maximum Gasteiger partial charge on any atom is 0.225 e. The highest BCUT2D eigenvalue weighted by molar-refractivity contribution is 6.05. The highest BCUT2D eigenvalue weighted by atomic mass is 16.5. The third-order valence-electron chi connectivity index (χ3n) is 4.49.